The van der Waals surface area contributed by atoms with E-state index in [1.807, 2.05) is 48.3 Å². The fourth-order valence-corrected chi connectivity index (χ4v) is 2.49. The van der Waals surface area contributed by atoms with Crippen LogP contribution in [-0.4, -0.2) is 24.4 Å². The Morgan fingerprint density at radius 2 is 1.81 bits per heavy atom. The van der Waals surface area contributed by atoms with Gasteiger partial charge in [-0.3, -0.25) is 4.79 Å². The minimum Gasteiger partial charge on any atom is -0.367 e. The van der Waals surface area contributed by atoms with E-state index in [0.717, 1.165) is 22.2 Å². The van der Waals surface area contributed by atoms with E-state index >= 15 is 0 Å². The van der Waals surface area contributed by atoms with Crippen molar-refractivity contribution in [3.63, 3.8) is 0 Å². The lowest BCUT2D eigenvalue weighted by Crippen LogP contribution is -2.25. The number of nitrogens with zero attached hydrogens (tertiary/aromatic N) is 1. The molecule has 0 aliphatic heterocycles. The summed E-state index contributed by atoms with van der Waals surface area (Å²) >= 11 is 0. The van der Waals surface area contributed by atoms with Gasteiger partial charge in [0, 0.05) is 35.4 Å². The smallest absolute Gasteiger partial charge is 0.184 e. The van der Waals surface area contributed by atoms with Gasteiger partial charge in [-0.1, -0.05) is 35.9 Å². The third-order valence-corrected chi connectivity index (χ3v) is 3.75. The van der Waals surface area contributed by atoms with Crippen molar-refractivity contribution >= 4 is 22.4 Å². The highest BCUT2D eigenvalue weighted by molar-refractivity contribution is 6.09. The largest absolute Gasteiger partial charge is 0.367 e. The minimum atomic E-state index is 0.121. The maximum absolute atomic E-state index is 12.5. The molecule has 3 heteroatoms. The number of para-hydroxylation sites is 1. The van der Waals surface area contributed by atoms with E-state index in [1.165, 1.54) is 5.56 Å². The molecule has 1 N–H and O–H groups in total. The number of anilines is 1. The summed E-state index contributed by atoms with van der Waals surface area (Å²) < 4.78 is 0. The van der Waals surface area contributed by atoms with E-state index in [0.29, 0.717) is 6.54 Å². The second-order valence-electron chi connectivity index (χ2n) is 5.36. The van der Waals surface area contributed by atoms with Crippen LogP contribution in [0.5, 0.6) is 0 Å². The van der Waals surface area contributed by atoms with Crippen molar-refractivity contribution in [3.8, 4) is 0 Å². The number of aromatic amines is 1. The van der Waals surface area contributed by atoms with Gasteiger partial charge in [-0.2, -0.15) is 0 Å². The first-order valence-electron chi connectivity index (χ1n) is 7.02. The number of rotatable bonds is 4. The second-order valence-corrected chi connectivity index (χ2v) is 5.36. The lowest BCUT2D eigenvalue weighted by atomic mass is 10.1. The normalized spacial score (nSPS) is 10.8. The molecule has 1 aromatic heterocycles. The Morgan fingerprint density at radius 3 is 2.57 bits per heavy atom. The third kappa shape index (κ3) is 2.68. The molecular formula is C18H18N2O. The van der Waals surface area contributed by atoms with Crippen LogP contribution in [0.15, 0.2) is 54.7 Å². The minimum absolute atomic E-state index is 0.121. The number of nitrogens with one attached hydrogen (secondary N) is 1. The van der Waals surface area contributed by atoms with Gasteiger partial charge < -0.3 is 9.88 Å². The van der Waals surface area contributed by atoms with E-state index < -0.39 is 0 Å². The van der Waals surface area contributed by atoms with Crippen molar-refractivity contribution in [3.05, 3.63) is 65.9 Å². The zero-order chi connectivity index (χ0) is 14.8. The molecule has 0 aliphatic rings. The van der Waals surface area contributed by atoms with Crippen LogP contribution in [0.2, 0.25) is 0 Å². The molecule has 21 heavy (non-hydrogen) atoms. The van der Waals surface area contributed by atoms with Gasteiger partial charge in [0.1, 0.15) is 0 Å². The van der Waals surface area contributed by atoms with E-state index in [2.05, 4.69) is 24.0 Å². The van der Waals surface area contributed by atoms with Crippen molar-refractivity contribution in [1.82, 2.24) is 4.98 Å². The number of carbonyl (C=O) groups excluding carboxylic acids is 1. The van der Waals surface area contributed by atoms with Gasteiger partial charge in [-0.05, 0) is 25.1 Å². The molecule has 3 aromatic rings. The van der Waals surface area contributed by atoms with Gasteiger partial charge >= 0.3 is 0 Å². The van der Waals surface area contributed by atoms with Crippen molar-refractivity contribution in [1.29, 1.82) is 0 Å². The van der Waals surface area contributed by atoms with Crippen LogP contribution in [0.1, 0.15) is 15.9 Å². The highest BCUT2D eigenvalue weighted by Gasteiger charge is 2.14. The molecule has 0 fully saturated rings. The van der Waals surface area contributed by atoms with Crippen molar-refractivity contribution in [2.75, 3.05) is 18.5 Å². The van der Waals surface area contributed by atoms with Gasteiger partial charge in [-0.15, -0.1) is 0 Å². The Bertz CT molecular complexity index is 771. The van der Waals surface area contributed by atoms with Crippen LogP contribution in [-0.2, 0) is 0 Å². The van der Waals surface area contributed by atoms with Gasteiger partial charge in [0.25, 0.3) is 0 Å². The van der Waals surface area contributed by atoms with Crippen molar-refractivity contribution in [2.45, 2.75) is 6.92 Å². The number of Topliss-reactive ketones (excluding diaryl/α,β-unsaturated/α-hetero) is 1. The Labute approximate surface area is 124 Å². The monoisotopic (exact) mass is 278 g/mol. The predicted octanol–water partition coefficient (Wildman–Crippen LogP) is 3.80. The first kappa shape index (κ1) is 13.4. The number of hydrogen-bond donors (Lipinski definition) is 1. The number of carbonyl (C=O) groups is 1. The molecule has 3 rings (SSSR count). The average Bonchev–Trinajstić information content (AvgIpc) is 2.92. The van der Waals surface area contributed by atoms with Gasteiger partial charge in [-0.25, -0.2) is 0 Å². The summed E-state index contributed by atoms with van der Waals surface area (Å²) in [5.74, 6) is 0.121. The lowest BCUT2D eigenvalue weighted by molar-refractivity contribution is 0.100. The molecule has 3 nitrogen and oxygen atoms in total. The fourth-order valence-electron chi connectivity index (χ4n) is 2.49. The Kier molecular flexibility index (Phi) is 3.48. The van der Waals surface area contributed by atoms with Crippen molar-refractivity contribution < 1.29 is 4.79 Å². The van der Waals surface area contributed by atoms with Crippen molar-refractivity contribution in [2.24, 2.45) is 0 Å². The summed E-state index contributed by atoms with van der Waals surface area (Å²) in [4.78, 5) is 17.6. The molecule has 0 saturated heterocycles. The highest BCUT2D eigenvalue weighted by atomic mass is 16.1. The maximum atomic E-state index is 12.5. The molecule has 1 heterocycles. The number of H-pyrrole nitrogens is 1. The van der Waals surface area contributed by atoms with Crippen LogP contribution >= 0.6 is 0 Å². The van der Waals surface area contributed by atoms with Crippen LogP contribution in [0.25, 0.3) is 10.9 Å². The summed E-state index contributed by atoms with van der Waals surface area (Å²) in [6.45, 7) is 2.42. The molecule has 0 aliphatic carbocycles. The zero-order valence-electron chi connectivity index (χ0n) is 12.3. The van der Waals surface area contributed by atoms with Crippen LogP contribution in [0, 0.1) is 6.92 Å². The number of ketones is 1. The highest BCUT2D eigenvalue weighted by Crippen LogP contribution is 2.19. The van der Waals surface area contributed by atoms with Gasteiger partial charge in [0.15, 0.2) is 5.78 Å². The lowest BCUT2D eigenvalue weighted by Gasteiger charge is -2.18. The Balaban J connectivity index is 1.81. The predicted molar refractivity (Wildman–Crippen MR) is 87.1 cm³/mol. The molecule has 0 atom stereocenters. The number of benzene rings is 2. The van der Waals surface area contributed by atoms with E-state index in [9.17, 15) is 4.79 Å². The molecule has 0 saturated carbocycles. The quantitative estimate of drug-likeness (QED) is 0.737. The molecule has 0 unspecified atom stereocenters. The summed E-state index contributed by atoms with van der Waals surface area (Å²) in [6.07, 6.45) is 1.80. The number of aromatic nitrogens is 1. The number of likely N-dealkylation sites (N-methyl/N-ethyl adjacent to an activating group) is 1. The molecule has 2 aromatic carbocycles. The van der Waals surface area contributed by atoms with E-state index in [-0.39, 0.29) is 5.78 Å². The summed E-state index contributed by atoms with van der Waals surface area (Å²) in [5.41, 5.74) is 4.02. The van der Waals surface area contributed by atoms with Crippen LogP contribution in [0.4, 0.5) is 5.69 Å². The number of fused-ring (bicyclic) bond motifs is 1. The summed E-state index contributed by atoms with van der Waals surface area (Å²) in [6, 6.07) is 16.1. The van der Waals surface area contributed by atoms with E-state index in [4.69, 9.17) is 0 Å². The Hall–Kier alpha value is -2.55. The van der Waals surface area contributed by atoms with Crippen LogP contribution in [0.3, 0.4) is 0 Å². The molecule has 106 valence electrons. The number of aryl methyl sites for hydroxylation is 1. The third-order valence-electron chi connectivity index (χ3n) is 3.75. The average molecular weight is 278 g/mol. The molecule has 0 radical (unpaired) electrons. The number of hydrogen-bond acceptors (Lipinski definition) is 2. The molecule has 0 amide bonds. The topological polar surface area (TPSA) is 36.1 Å². The van der Waals surface area contributed by atoms with E-state index in [1.54, 1.807) is 6.20 Å². The maximum Gasteiger partial charge on any atom is 0.184 e. The summed E-state index contributed by atoms with van der Waals surface area (Å²) in [7, 11) is 1.94. The first-order valence-corrected chi connectivity index (χ1v) is 7.02. The van der Waals surface area contributed by atoms with Crippen LogP contribution < -0.4 is 4.90 Å². The fraction of sp³-hybridized carbons (Fsp3) is 0.167. The SMILES string of the molecule is Cc1ccc(N(C)CC(=O)c2c[nH]c3ccccc23)cc1. The van der Waals surface area contributed by atoms with Gasteiger partial charge in [0.2, 0.25) is 0 Å². The zero-order valence-corrected chi connectivity index (χ0v) is 12.3. The molecular weight excluding hydrogens is 260 g/mol. The first-order chi connectivity index (χ1) is 10.1. The Morgan fingerprint density at radius 1 is 1.10 bits per heavy atom. The van der Waals surface area contributed by atoms with Gasteiger partial charge in [0.05, 0.1) is 6.54 Å². The summed E-state index contributed by atoms with van der Waals surface area (Å²) in [5, 5.41) is 0.986. The molecule has 0 bridgehead atoms. The second kappa shape index (κ2) is 5.44. The standard InChI is InChI=1S/C18H18N2O/c1-13-7-9-14(10-8-13)20(2)12-18(21)16-11-19-17-6-4-3-5-15(16)17/h3-11,19H,12H2,1-2H3. The molecule has 0 spiro atoms.